The molecule has 19 heavy (non-hydrogen) atoms. The fourth-order valence-electron chi connectivity index (χ4n) is 2.74. The van der Waals surface area contributed by atoms with Gasteiger partial charge in [-0.05, 0) is 36.6 Å². The van der Waals surface area contributed by atoms with E-state index in [9.17, 15) is 8.42 Å². The lowest BCUT2D eigenvalue weighted by molar-refractivity contribution is 0.387. The summed E-state index contributed by atoms with van der Waals surface area (Å²) < 4.78 is 26.8. The van der Waals surface area contributed by atoms with Crippen molar-refractivity contribution in [2.75, 3.05) is 13.6 Å². The van der Waals surface area contributed by atoms with Crippen molar-refractivity contribution in [1.29, 1.82) is 0 Å². The van der Waals surface area contributed by atoms with E-state index in [2.05, 4.69) is 0 Å². The van der Waals surface area contributed by atoms with Crippen molar-refractivity contribution in [3.05, 3.63) is 15.8 Å². The third-order valence-corrected chi connectivity index (χ3v) is 7.48. The van der Waals surface area contributed by atoms with Crippen LogP contribution in [0.1, 0.15) is 36.1 Å². The Kier molecular flexibility index (Phi) is 4.93. The van der Waals surface area contributed by atoms with Crippen LogP contribution in [0.3, 0.4) is 0 Å². The molecule has 1 saturated carbocycles. The van der Waals surface area contributed by atoms with E-state index in [-0.39, 0.29) is 5.88 Å². The molecule has 1 aromatic heterocycles. The van der Waals surface area contributed by atoms with Crippen LogP contribution in [0, 0.1) is 12.8 Å². The number of rotatable bonds is 5. The second-order valence-electron chi connectivity index (χ2n) is 5.24. The largest absolute Gasteiger partial charge is 0.244 e. The van der Waals surface area contributed by atoms with Gasteiger partial charge in [-0.25, -0.2) is 12.7 Å². The predicted molar refractivity (Wildman–Crippen MR) is 80.4 cm³/mol. The topological polar surface area (TPSA) is 37.4 Å². The number of thiophene rings is 1. The number of alkyl halides is 1. The molecule has 0 radical (unpaired) electrons. The first-order valence-electron chi connectivity index (χ1n) is 6.56. The molecular formula is C13H20ClNO2S2. The summed E-state index contributed by atoms with van der Waals surface area (Å²) in [6, 6.07) is 0. The van der Waals surface area contributed by atoms with Crippen molar-refractivity contribution in [2.24, 2.45) is 5.92 Å². The van der Waals surface area contributed by atoms with Gasteiger partial charge in [0.1, 0.15) is 4.90 Å². The highest BCUT2D eigenvalue weighted by atomic mass is 35.5. The van der Waals surface area contributed by atoms with Crippen molar-refractivity contribution >= 4 is 33.0 Å². The zero-order valence-electron chi connectivity index (χ0n) is 11.4. The minimum absolute atomic E-state index is 0.254. The van der Waals surface area contributed by atoms with Gasteiger partial charge in [-0.15, -0.1) is 22.9 Å². The number of nitrogens with zero attached hydrogens (tertiary/aromatic N) is 1. The SMILES string of the molecule is Cc1csc(CCl)c1S(=O)(=O)N(C)CC1CCCC1. The molecule has 1 fully saturated rings. The molecule has 6 heteroatoms. The molecule has 0 bridgehead atoms. The maximum absolute atomic E-state index is 12.7. The Balaban J connectivity index is 2.22. The number of hydrogen-bond donors (Lipinski definition) is 0. The minimum atomic E-state index is -3.40. The molecule has 0 amide bonds. The van der Waals surface area contributed by atoms with Gasteiger partial charge in [0.15, 0.2) is 0 Å². The van der Waals surface area contributed by atoms with Crippen LogP contribution in [0.15, 0.2) is 10.3 Å². The molecule has 108 valence electrons. The fraction of sp³-hybridized carbons (Fsp3) is 0.692. The van der Waals surface area contributed by atoms with Gasteiger partial charge in [0, 0.05) is 18.5 Å². The van der Waals surface area contributed by atoms with E-state index in [1.807, 2.05) is 12.3 Å². The van der Waals surface area contributed by atoms with Crippen molar-refractivity contribution in [3.63, 3.8) is 0 Å². The van der Waals surface area contributed by atoms with Crippen LogP contribution >= 0.6 is 22.9 Å². The molecule has 1 heterocycles. The summed E-state index contributed by atoms with van der Waals surface area (Å²) in [6.45, 7) is 2.46. The first kappa shape index (κ1) is 15.3. The van der Waals surface area contributed by atoms with Gasteiger partial charge in [0.05, 0.1) is 5.88 Å². The van der Waals surface area contributed by atoms with Gasteiger partial charge >= 0.3 is 0 Å². The Hall–Kier alpha value is -0.100. The van der Waals surface area contributed by atoms with E-state index in [0.29, 0.717) is 17.4 Å². The van der Waals surface area contributed by atoms with Gasteiger partial charge in [0.25, 0.3) is 0 Å². The molecule has 1 aromatic rings. The molecule has 1 aliphatic carbocycles. The molecule has 0 aliphatic heterocycles. The highest BCUT2D eigenvalue weighted by Gasteiger charge is 2.29. The number of sulfonamides is 1. The summed E-state index contributed by atoms with van der Waals surface area (Å²) in [4.78, 5) is 1.17. The zero-order chi connectivity index (χ0) is 14.0. The Morgan fingerprint density at radius 3 is 2.63 bits per heavy atom. The molecule has 1 aliphatic rings. The lowest BCUT2D eigenvalue weighted by Crippen LogP contribution is -2.31. The lowest BCUT2D eigenvalue weighted by Gasteiger charge is -2.21. The first-order valence-corrected chi connectivity index (χ1v) is 9.41. The van der Waals surface area contributed by atoms with Gasteiger partial charge < -0.3 is 0 Å². The van der Waals surface area contributed by atoms with Crippen molar-refractivity contribution in [2.45, 2.75) is 43.4 Å². The number of hydrogen-bond acceptors (Lipinski definition) is 3. The van der Waals surface area contributed by atoms with Crippen molar-refractivity contribution in [1.82, 2.24) is 4.31 Å². The summed E-state index contributed by atoms with van der Waals surface area (Å²) in [5, 5.41) is 1.87. The fourth-order valence-corrected chi connectivity index (χ4v) is 5.99. The number of halogens is 1. The molecule has 0 unspecified atom stereocenters. The van der Waals surface area contributed by atoms with Gasteiger partial charge in [0.2, 0.25) is 10.0 Å². The van der Waals surface area contributed by atoms with Crippen LogP contribution in [0.4, 0.5) is 0 Å². The summed E-state index contributed by atoms with van der Waals surface area (Å²) in [6.07, 6.45) is 4.74. The normalized spacial score (nSPS) is 17.5. The summed E-state index contributed by atoms with van der Waals surface area (Å²) in [5.74, 6) is 0.766. The highest BCUT2D eigenvalue weighted by Crippen LogP contribution is 2.32. The second-order valence-corrected chi connectivity index (χ2v) is 8.45. The average Bonchev–Trinajstić information content (AvgIpc) is 2.98. The monoisotopic (exact) mass is 321 g/mol. The highest BCUT2D eigenvalue weighted by molar-refractivity contribution is 7.89. The van der Waals surface area contributed by atoms with E-state index in [1.54, 1.807) is 7.05 Å². The Morgan fingerprint density at radius 1 is 1.42 bits per heavy atom. The van der Waals surface area contributed by atoms with Crippen LogP contribution in [-0.2, 0) is 15.9 Å². The smallest absolute Gasteiger partial charge is 0.207 e. The first-order chi connectivity index (χ1) is 8.96. The molecular weight excluding hydrogens is 302 g/mol. The molecule has 0 spiro atoms. The quantitative estimate of drug-likeness (QED) is 0.777. The third kappa shape index (κ3) is 3.15. The maximum Gasteiger partial charge on any atom is 0.244 e. The summed E-state index contributed by atoms with van der Waals surface area (Å²) >= 11 is 7.28. The van der Waals surface area contributed by atoms with Crippen LogP contribution in [0.25, 0.3) is 0 Å². The molecule has 0 atom stereocenters. The number of aryl methyl sites for hydroxylation is 1. The van der Waals surface area contributed by atoms with Crippen LogP contribution in [0.2, 0.25) is 0 Å². The molecule has 3 nitrogen and oxygen atoms in total. The molecule has 0 N–H and O–H groups in total. The average molecular weight is 322 g/mol. The zero-order valence-corrected chi connectivity index (χ0v) is 13.7. The van der Waals surface area contributed by atoms with Gasteiger partial charge in [-0.3, -0.25) is 0 Å². The molecule has 0 aromatic carbocycles. The second kappa shape index (κ2) is 6.12. The van der Waals surface area contributed by atoms with Crippen molar-refractivity contribution in [3.8, 4) is 0 Å². The minimum Gasteiger partial charge on any atom is -0.207 e. The van der Waals surface area contributed by atoms with E-state index in [4.69, 9.17) is 11.6 Å². The molecule has 2 rings (SSSR count). The van der Waals surface area contributed by atoms with Crippen LogP contribution < -0.4 is 0 Å². The lowest BCUT2D eigenvalue weighted by atomic mass is 10.1. The van der Waals surface area contributed by atoms with Gasteiger partial charge in [-0.1, -0.05) is 12.8 Å². The van der Waals surface area contributed by atoms with Crippen molar-refractivity contribution < 1.29 is 8.42 Å². The van der Waals surface area contributed by atoms with E-state index in [0.717, 1.165) is 23.3 Å². The Bertz CT molecular complexity index is 533. The van der Waals surface area contributed by atoms with Gasteiger partial charge in [-0.2, -0.15) is 0 Å². The maximum atomic E-state index is 12.7. The summed E-state index contributed by atoms with van der Waals surface area (Å²) in [5.41, 5.74) is 0.805. The van der Waals surface area contributed by atoms with E-state index in [1.165, 1.54) is 28.5 Å². The Labute approximate surface area is 124 Å². The summed E-state index contributed by atoms with van der Waals surface area (Å²) in [7, 11) is -1.71. The van der Waals surface area contributed by atoms with Crippen LogP contribution in [-0.4, -0.2) is 26.3 Å². The third-order valence-electron chi connectivity index (χ3n) is 3.77. The molecule has 0 saturated heterocycles. The predicted octanol–water partition coefficient (Wildman–Crippen LogP) is 3.61. The Morgan fingerprint density at radius 2 is 2.05 bits per heavy atom. The van der Waals surface area contributed by atoms with E-state index < -0.39 is 10.0 Å². The standard InChI is InChI=1S/C13H20ClNO2S2/c1-10-9-18-12(7-14)13(10)19(16,17)15(2)8-11-5-3-4-6-11/h9,11H,3-8H2,1-2H3. The van der Waals surface area contributed by atoms with E-state index >= 15 is 0 Å². The van der Waals surface area contributed by atoms with Crippen LogP contribution in [0.5, 0.6) is 0 Å².